The molecular formula is C34H36F2N3O7S+. The van der Waals surface area contributed by atoms with Gasteiger partial charge in [0.1, 0.15) is 16.5 Å². The van der Waals surface area contributed by atoms with Crippen molar-refractivity contribution in [2.45, 2.75) is 49.8 Å². The molecule has 2 atom stereocenters. The number of aliphatic carboxylic acids is 1. The number of hydrogen-bond donors (Lipinski definition) is 3. The van der Waals surface area contributed by atoms with Crippen LogP contribution in [-0.2, 0) is 14.8 Å². The van der Waals surface area contributed by atoms with Crippen LogP contribution in [0, 0.1) is 11.6 Å². The van der Waals surface area contributed by atoms with Gasteiger partial charge in [-0.3, -0.25) is 4.79 Å². The second-order valence-corrected chi connectivity index (χ2v) is 13.6. The Labute approximate surface area is 271 Å². The minimum absolute atomic E-state index is 0.0929. The zero-order chi connectivity index (χ0) is 34.6. The number of aliphatic hydroxyl groups excluding tert-OH is 2. The van der Waals surface area contributed by atoms with Gasteiger partial charge in [0.25, 0.3) is 0 Å². The van der Waals surface area contributed by atoms with Crippen LogP contribution in [0.5, 0.6) is 0 Å². The molecule has 47 heavy (non-hydrogen) atoms. The average molecular weight is 669 g/mol. The van der Waals surface area contributed by atoms with E-state index >= 15 is 0 Å². The molecule has 0 unspecified atom stereocenters. The van der Waals surface area contributed by atoms with Gasteiger partial charge in [-0.05, 0) is 61.4 Å². The van der Waals surface area contributed by atoms with Crippen molar-refractivity contribution in [1.82, 2.24) is 8.87 Å². The summed E-state index contributed by atoms with van der Waals surface area (Å²) in [5, 5.41) is 29.8. The van der Waals surface area contributed by atoms with Gasteiger partial charge in [-0.25, -0.2) is 26.3 Å². The molecule has 0 aliphatic rings. The number of carbonyl (C=O) groups is 2. The zero-order valence-corrected chi connectivity index (χ0v) is 27.0. The lowest BCUT2D eigenvalue weighted by Crippen LogP contribution is -2.44. The third-order valence-electron chi connectivity index (χ3n) is 7.41. The lowest BCUT2D eigenvalue weighted by Gasteiger charge is -2.15. The third kappa shape index (κ3) is 7.88. The molecule has 0 bridgehead atoms. The van der Waals surface area contributed by atoms with Crippen LogP contribution in [0.2, 0.25) is 0 Å². The number of hydrogen-bond acceptors (Lipinski definition) is 6. The molecule has 2 heterocycles. The molecule has 0 saturated carbocycles. The van der Waals surface area contributed by atoms with Gasteiger partial charge in [0.05, 0.1) is 24.3 Å². The number of sulfonamides is 1. The van der Waals surface area contributed by atoms with E-state index in [4.69, 9.17) is 5.11 Å². The molecule has 13 heteroatoms. The highest BCUT2D eigenvalue weighted by Gasteiger charge is 2.35. The maximum atomic E-state index is 14.6. The molecular weight excluding hydrogens is 632 g/mol. The van der Waals surface area contributed by atoms with Crippen molar-refractivity contribution in [3.63, 3.8) is 0 Å². The van der Waals surface area contributed by atoms with E-state index in [9.17, 15) is 37.0 Å². The summed E-state index contributed by atoms with van der Waals surface area (Å²) in [6.07, 6.45) is 2.03. The third-order valence-corrected chi connectivity index (χ3v) is 9.21. The summed E-state index contributed by atoms with van der Waals surface area (Å²) in [5.41, 5.74) is 2.16. The largest absolute Gasteiger partial charge is 0.481 e. The first-order chi connectivity index (χ1) is 22.1. The van der Waals surface area contributed by atoms with Crippen LogP contribution in [0.3, 0.4) is 0 Å². The van der Waals surface area contributed by atoms with Gasteiger partial charge >= 0.3 is 11.9 Å². The summed E-state index contributed by atoms with van der Waals surface area (Å²) in [6.45, 7) is 3.61. The normalized spacial score (nSPS) is 13.4. The SMILES string of the molecule is CC(C)n1c(/C=C/[C@@H](O)C[C@@H](O)CC(=O)O)c(-c2ccc(F)cc2)c(-c2ccc(F)cc2)c1C(=O)[n+]1cccc(S(=O)(=O)N(C)C)c1. The Balaban J connectivity index is 2.06. The second kappa shape index (κ2) is 14.5. The summed E-state index contributed by atoms with van der Waals surface area (Å²) in [7, 11) is -1.18. The first kappa shape index (κ1) is 35.3. The van der Waals surface area contributed by atoms with Crippen LogP contribution in [-0.4, -0.2) is 70.8 Å². The molecule has 0 saturated heterocycles. The number of halogens is 2. The number of aromatic nitrogens is 2. The smallest absolute Gasteiger partial charge is 0.441 e. The van der Waals surface area contributed by atoms with Gasteiger partial charge in [0, 0.05) is 43.8 Å². The molecule has 3 N–H and O–H groups in total. The van der Waals surface area contributed by atoms with Crippen LogP contribution in [0.25, 0.3) is 28.3 Å². The van der Waals surface area contributed by atoms with Gasteiger partial charge in [0.15, 0.2) is 18.1 Å². The van der Waals surface area contributed by atoms with Crippen molar-refractivity contribution in [3.05, 3.63) is 102 Å². The molecule has 4 aromatic rings. The predicted molar refractivity (Wildman–Crippen MR) is 171 cm³/mol. The van der Waals surface area contributed by atoms with E-state index in [-0.39, 0.29) is 17.0 Å². The standard InChI is InChI=1S/C34H35F2N3O7S/c1-21(2)39-29(16-15-26(40)18-27(41)19-30(42)43)31(22-7-11-24(35)12-8-22)32(23-9-13-25(36)14-10-23)33(39)34(44)38-17-5-6-28(20-38)47(45,46)37(3)4/h5-17,20-21,26-27,40-41H,18-19H2,1-4H3/p+1/b16-15+/t26-,27-/m1/s1. The highest BCUT2D eigenvalue weighted by Crippen LogP contribution is 2.42. The van der Waals surface area contributed by atoms with Crippen molar-refractivity contribution in [3.8, 4) is 22.3 Å². The summed E-state index contributed by atoms with van der Waals surface area (Å²) in [6, 6.07) is 13.3. The van der Waals surface area contributed by atoms with Crippen molar-refractivity contribution in [1.29, 1.82) is 0 Å². The monoisotopic (exact) mass is 668 g/mol. The lowest BCUT2D eigenvalue weighted by atomic mass is 9.94. The topological polar surface area (TPSA) is 141 Å². The molecule has 0 spiro atoms. The van der Waals surface area contributed by atoms with Gasteiger partial charge in [-0.2, -0.15) is 0 Å². The van der Waals surface area contributed by atoms with E-state index in [1.165, 1.54) is 99.3 Å². The van der Waals surface area contributed by atoms with Crippen LogP contribution in [0.4, 0.5) is 8.78 Å². The molecule has 4 rings (SSSR count). The van der Waals surface area contributed by atoms with Crippen LogP contribution >= 0.6 is 0 Å². The highest BCUT2D eigenvalue weighted by molar-refractivity contribution is 7.89. The maximum Gasteiger partial charge on any atom is 0.441 e. The van der Waals surface area contributed by atoms with Gasteiger partial charge < -0.3 is 19.9 Å². The van der Waals surface area contributed by atoms with Crippen LogP contribution in [0.15, 0.2) is 84.0 Å². The second-order valence-electron chi connectivity index (χ2n) is 11.4. The fourth-order valence-corrected chi connectivity index (χ4v) is 6.15. The fourth-order valence-electron chi connectivity index (χ4n) is 5.23. The molecule has 2 aromatic heterocycles. The Morgan fingerprint density at radius 1 is 0.936 bits per heavy atom. The van der Waals surface area contributed by atoms with E-state index < -0.39 is 58.2 Å². The Hall–Kier alpha value is -4.56. The number of carbonyl (C=O) groups excluding carboxylic acids is 1. The quantitative estimate of drug-likeness (QED) is 0.189. The molecule has 0 aliphatic carbocycles. The summed E-state index contributed by atoms with van der Waals surface area (Å²) in [4.78, 5) is 25.4. The van der Waals surface area contributed by atoms with Gasteiger partial charge in [-0.1, -0.05) is 30.3 Å². The minimum Gasteiger partial charge on any atom is -0.481 e. The number of carboxylic acids is 1. The molecule has 0 radical (unpaired) electrons. The highest BCUT2D eigenvalue weighted by atomic mass is 32.2. The molecule has 0 aliphatic heterocycles. The number of carboxylic acid groups (broad SMARTS) is 1. The molecule has 0 amide bonds. The minimum atomic E-state index is -3.91. The van der Waals surface area contributed by atoms with E-state index in [1.807, 2.05) is 13.8 Å². The first-order valence-corrected chi connectivity index (χ1v) is 16.1. The number of nitrogens with zero attached hydrogens (tertiary/aromatic N) is 3. The Morgan fingerprint density at radius 3 is 2.00 bits per heavy atom. The van der Waals surface area contributed by atoms with Crippen molar-refractivity contribution in [2.75, 3.05) is 14.1 Å². The van der Waals surface area contributed by atoms with E-state index in [0.717, 1.165) is 8.87 Å². The van der Waals surface area contributed by atoms with E-state index in [2.05, 4.69) is 0 Å². The lowest BCUT2D eigenvalue weighted by molar-refractivity contribution is -0.573. The first-order valence-electron chi connectivity index (χ1n) is 14.7. The summed E-state index contributed by atoms with van der Waals surface area (Å²) >= 11 is 0. The van der Waals surface area contributed by atoms with Crippen LogP contribution in [0.1, 0.15) is 48.9 Å². The Bertz CT molecular complexity index is 1900. The number of rotatable bonds is 12. The molecule has 248 valence electrons. The zero-order valence-electron chi connectivity index (χ0n) is 26.2. The Kier molecular flexibility index (Phi) is 10.9. The van der Waals surface area contributed by atoms with Crippen molar-refractivity contribution in [2.24, 2.45) is 0 Å². The molecule has 10 nitrogen and oxygen atoms in total. The van der Waals surface area contributed by atoms with E-state index in [0.29, 0.717) is 27.9 Å². The average Bonchev–Trinajstić information content (AvgIpc) is 3.35. The van der Waals surface area contributed by atoms with Crippen molar-refractivity contribution >= 4 is 28.0 Å². The molecule has 2 aromatic carbocycles. The number of pyridine rings is 1. The van der Waals surface area contributed by atoms with Crippen molar-refractivity contribution < 1.29 is 46.7 Å². The van der Waals surface area contributed by atoms with Gasteiger partial charge in [-0.15, -0.1) is 4.57 Å². The number of aliphatic hydroxyl groups is 2. The maximum absolute atomic E-state index is 14.6. The van der Waals surface area contributed by atoms with E-state index in [1.54, 1.807) is 4.57 Å². The number of benzene rings is 2. The summed E-state index contributed by atoms with van der Waals surface area (Å²) < 4.78 is 58.0. The fraction of sp³-hybridized carbons (Fsp3) is 0.265. The molecule has 0 fully saturated rings. The summed E-state index contributed by atoms with van der Waals surface area (Å²) in [5.74, 6) is -2.89. The van der Waals surface area contributed by atoms with Gasteiger partial charge in [0.2, 0.25) is 10.0 Å². The Morgan fingerprint density at radius 2 is 1.49 bits per heavy atom. The van der Waals surface area contributed by atoms with Crippen LogP contribution < -0.4 is 4.57 Å². The predicted octanol–water partition coefficient (Wildman–Crippen LogP) is 4.51.